The minimum atomic E-state index is -3.48. The lowest BCUT2D eigenvalue weighted by atomic mass is 9.99. The Morgan fingerprint density at radius 1 is 1.28 bits per heavy atom. The molecule has 1 heterocycles. The van der Waals surface area contributed by atoms with E-state index in [4.69, 9.17) is 5.11 Å². The number of nitrogens with one attached hydrogen (secondary N) is 1. The van der Waals surface area contributed by atoms with Crippen molar-refractivity contribution in [3.8, 4) is 0 Å². The monoisotopic (exact) mass is 381 g/mol. The quantitative estimate of drug-likeness (QED) is 0.390. The molecule has 5 nitrogen and oxygen atoms in total. The van der Waals surface area contributed by atoms with Crippen molar-refractivity contribution in [2.75, 3.05) is 0 Å². The summed E-state index contributed by atoms with van der Waals surface area (Å²) in [5.74, 6) is -0.457. The molecular formula is C18H23NO4S2. The SMILES string of the molecule is O=C(O)CCC/C=C\C[C@H]1[C@H]2S[C@H]2C[C@@H]1NS(=O)(=O)c1ccccc1. The molecule has 1 aliphatic carbocycles. The maximum absolute atomic E-state index is 12.5. The molecule has 0 spiro atoms. The van der Waals surface area contributed by atoms with E-state index in [0.29, 0.717) is 27.7 Å². The molecule has 0 aromatic heterocycles. The number of rotatable bonds is 9. The fourth-order valence-electron chi connectivity index (χ4n) is 3.42. The average Bonchev–Trinajstić information content (AvgIpc) is 3.25. The number of aliphatic carboxylic acids is 1. The molecule has 0 unspecified atom stereocenters. The van der Waals surface area contributed by atoms with E-state index in [1.54, 1.807) is 30.3 Å². The standard InChI is InChI=1S/C18H23NO4S2/c20-17(21)11-7-2-1-6-10-14-15(12-16-18(14)24-16)19-25(22,23)13-8-4-3-5-9-13/h1,3-6,8-9,14-16,18-19H,2,7,10-12H2,(H,20,21)/b6-1-/t14-,15+,16+,18-/m1/s1. The summed E-state index contributed by atoms with van der Waals surface area (Å²) in [4.78, 5) is 10.8. The Bertz CT molecular complexity index is 733. The number of carboxylic acids is 1. The first-order valence-electron chi connectivity index (χ1n) is 8.57. The Kier molecular flexibility index (Phi) is 5.86. The van der Waals surface area contributed by atoms with E-state index in [0.717, 1.165) is 19.3 Å². The predicted molar refractivity (Wildman–Crippen MR) is 99.1 cm³/mol. The molecule has 25 heavy (non-hydrogen) atoms. The average molecular weight is 382 g/mol. The third-order valence-corrected chi connectivity index (χ3v) is 7.76. The van der Waals surface area contributed by atoms with Gasteiger partial charge in [0, 0.05) is 23.0 Å². The number of carbonyl (C=O) groups is 1. The lowest BCUT2D eigenvalue weighted by molar-refractivity contribution is -0.137. The van der Waals surface area contributed by atoms with Gasteiger partial charge in [-0.3, -0.25) is 4.79 Å². The summed E-state index contributed by atoms with van der Waals surface area (Å²) in [7, 11) is -3.48. The first kappa shape index (κ1) is 18.5. The van der Waals surface area contributed by atoms with Crippen LogP contribution in [0.15, 0.2) is 47.4 Å². The molecule has 136 valence electrons. The van der Waals surface area contributed by atoms with Crippen molar-refractivity contribution in [3.63, 3.8) is 0 Å². The second-order valence-electron chi connectivity index (χ2n) is 6.57. The van der Waals surface area contributed by atoms with E-state index in [1.165, 1.54) is 0 Å². The molecule has 2 fully saturated rings. The number of hydrogen-bond donors (Lipinski definition) is 2. The Labute approximate surface area is 152 Å². The Morgan fingerprint density at radius 2 is 2.04 bits per heavy atom. The lowest BCUT2D eigenvalue weighted by Gasteiger charge is -2.22. The van der Waals surface area contributed by atoms with Crippen molar-refractivity contribution in [1.82, 2.24) is 4.72 Å². The zero-order valence-corrected chi connectivity index (χ0v) is 15.5. The number of hydrogen-bond acceptors (Lipinski definition) is 4. The Hall–Kier alpha value is -1.31. The maximum atomic E-state index is 12.5. The van der Waals surface area contributed by atoms with Crippen molar-refractivity contribution in [2.45, 2.75) is 53.5 Å². The normalized spacial score (nSPS) is 28.2. The van der Waals surface area contributed by atoms with Gasteiger partial charge in [0.15, 0.2) is 0 Å². The van der Waals surface area contributed by atoms with E-state index in [1.807, 2.05) is 17.8 Å². The van der Waals surface area contributed by atoms with Gasteiger partial charge in [-0.2, -0.15) is 11.8 Å². The number of fused-ring (bicyclic) bond motifs is 1. The highest BCUT2D eigenvalue weighted by atomic mass is 32.2. The molecule has 0 bridgehead atoms. The summed E-state index contributed by atoms with van der Waals surface area (Å²) in [6.07, 6.45) is 7.40. The van der Waals surface area contributed by atoms with Crippen LogP contribution in [0, 0.1) is 5.92 Å². The van der Waals surface area contributed by atoms with Gasteiger partial charge < -0.3 is 5.11 Å². The van der Waals surface area contributed by atoms with E-state index in [2.05, 4.69) is 10.8 Å². The van der Waals surface area contributed by atoms with Crippen molar-refractivity contribution < 1.29 is 18.3 Å². The molecule has 0 radical (unpaired) electrons. The molecule has 2 N–H and O–H groups in total. The third kappa shape index (κ3) is 4.86. The van der Waals surface area contributed by atoms with Gasteiger partial charge in [0.2, 0.25) is 10.0 Å². The molecule has 1 aromatic carbocycles. The molecular weight excluding hydrogens is 358 g/mol. The van der Waals surface area contributed by atoms with E-state index >= 15 is 0 Å². The van der Waals surface area contributed by atoms with E-state index < -0.39 is 16.0 Å². The van der Waals surface area contributed by atoms with E-state index in [9.17, 15) is 13.2 Å². The summed E-state index contributed by atoms with van der Waals surface area (Å²) in [5.41, 5.74) is 0. The molecule has 1 saturated heterocycles. The number of benzene rings is 1. The Morgan fingerprint density at radius 3 is 2.76 bits per heavy atom. The minimum absolute atomic E-state index is 0.0230. The second kappa shape index (κ2) is 7.93. The topological polar surface area (TPSA) is 83.5 Å². The molecule has 1 saturated carbocycles. The molecule has 7 heteroatoms. The molecule has 1 aromatic rings. The molecule has 3 rings (SSSR count). The third-order valence-electron chi connectivity index (χ3n) is 4.74. The van der Waals surface area contributed by atoms with Gasteiger partial charge in [0.1, 0.15) is 0 Å². The fourth-order valence-corrected chi connectivity index (χ4v) is 6.19. The lowest BCUT2D eigenvalue weighted by Crippen LogP contribution is -2.39. The summed E-state index contributed by atoms with van der Waals surface area (Å²) < 4.78 is 28.0. The van der Waals surface area contributed by atoms with Gasteiger partial charge in [0.25, 0.3) is 0 Å². The van der Waals surface area contributed by atoms with E-state index in [-0.39, 0.29) is 12.5 Å². The van der Waals surface area contributed by atoms with Crippen LogP contribution in [-0.2, 0) is 14.8 Å². The van der Waals surface area contributed by atoms with Crippen molar-refractivity contribution >= 4 is 27.8 Å². The molecule has 1 aliphatic heterocycles. The summed E-state index contributed by atoms with van der Waals surface area (Å²) in [6, 6.07) is 8.47. The number of allylic oxidation sites excluding steroid dienone is 2. The van der Waals surface area contributed by atoms with Crippen molar-refractivity contribution in [2.24, 2.45) is 5.92 Å². The van der Waals surface area contributed by atoms with Gasteiger partial charge >= 0.3 is 5.97 Å². The van der Waals surface area contributed by atoms with Crippen molar-refractivity contribution in [1.29, 1.82) is 0 Å². The van der Waals surface area contributed by atoms with Gasteiger partial charge in [0.05, 0.1) is 4.90 Å². The van der Waals surface area contributed by atoms with Crippen LogP contribution in [0.1, 0.15) is 32.1 Å². The fraction of sp³-hybridized carbons (Fsp3) is 0.500. The van der Waals surface area contributed by atoms with Crippen LogP contribution in [-0.4, -0.2) is 36.0 Å². The van der Waals surface area contributed by atoms with Crippen LogP contribution in [0.25, 0.3) is 0 Å². The largest absolute Gasteiger partial charge is 0.481 e. The van der Waals surface area contributed by atoms with Crippen LogP contribution in [0.3, 0.4) is 0 Å². The van der Waals surface area contributed by atoms with Gasteiger partial charge in [-0.25, -0.2) is 13.1 Å². The number of thioether (sulfide) groups is 1. The second-order valence-corrected chi connectivity index (χ2v) is 9.71. The predicted octanol–water partition coefficient (Wildman–Crippen LogP) is 3.04. The summed E-state index contributed by atoms with van der Waals surface area (Å²) >= 11 is 1.94. The zero-order chi connectivity index (χ0) is 17.9. The van der Waals surface area contributed by atoms with Crippen LogP contribution < -0.4 is 4.72 Å². The zero-order valence-electron chi connectivity index (χ0n) is 13.9. The van der Waals surface area contributed by atoms with Gasteiger partial charge in [-0.15, -0.1) is 0 Å². The summed E-state index contributed by atoms with van der Waals surface area (Å²) in [5, 5.41) is 9.75. The molecule has 4 atom stereocenters. The van der Waals surface area contributed by atoms with Crippen LogP contribution in [0.2, 0.25) is 0 Å². The van der Waals surface area contributed by atoms with Gasteiger partial charge in [-0.1, -0.05) is 30.4 Å². The van der Waals surface area contributed by atoms with Crippen LogP contribution >= 0.6 is 11.8 Å². The van der Waals surface area contributed by atoms with Crippen molar-refractivity contribution in [3.05, 3.63) is 42.5 Å². The number of carboxylic acid groups (broad SMARTS) is 1. The summed E-state index contributed by atoms with van der Waals surface area (Å²) in [6.45, 7) is 0. The van der Waals surface area contributed by atoms with Crippen LogP contribution in [0.4, 0.5) is 0 Å². The minimum Gasteiger partial charge on any atom is -0.481 e. The molecule has 2 aliphatic rings. The first-order chi connectivity index (χ1) is 12.0. The first-order valence-corrected chi connectivity index (χ1v) is 11.0. The van der Waals surface area contributed by atoms with Gasteiger partial charge in [-0.05, 0) is 43.7 Å². The number of sulfonamides is 1. The maximum Gasteiger partial charge on any atom is 0.303 e. The molecule has 0 amide bonds. The highest BCUT2D eigenvalue weighted by Gasteiger charge is 2.54. The highest BCUT2D eigenvalue weighted by molar-refractivity contribution is 8.07. The highest BCUT2D eigenvalue weighted by Crippen LogP contribution is 2.57. The smallest absolute Gasteiger partial charge is 0.303 e. The van der Waals surface area contributed by atoms with Crippen LogP contribution in [0.5, 0.6) is 0 Å². The Balaban J connectivity index is 1.55. The number of unbranched alkanes of at least 4 members (excludes halogenated alkanes) is 1.